The number of nitrogens with zero attached hydrogens (tertiary/aromatic N) is 4. The molecule has 1 aromatic heterocycles. The molecule has 0 amide bonds. The van der Waals surface area contributed by atoms with Crippen molar-refractivity contribution in [3.63, 3.8) is 0 Å². The molecular weight excluding hydrogens is 192 g/mol. The molecule has 0 radical (unpaired) electrons. The molecule has 1 aromatic rings. The van der Waals surface area contributed by atoms with Gasteiger partial charge in [0.15, 0.2) is 5.69 Å². The van der Waals surface area contributed by atoms with Gasteiger partial charge in [-0.2, -0.15) is 5.26 Å². The van der Waals surface area contributed by atoms with Crippen molar-refractivity contribution in [2.75, 3.05) is 6.61 Å². The minimum absolute atomic E-state index is 0.0328. The minimum Gasteiger partial charge on any atom is -0.372 e. The van der Waals surface area contributed by atoms with Gasteiger partial charge in [0.2, 0.25) is 0 Å². The maximum atomic E-state index is 8.91. The number of ether oxygens (including phenoxy) is 1. The summed E-state index contributed by atoms with van der Waals surface area (Å²) in [5.41, 5.74) is 1.15. The molecule has 5 heteroatoms. The standard InChI is InChI=1S/C10H12N4O/c1-2-5-14-10(8(7-11)12-13-14)9-4-3-6-15-9/h2,9H,1,3-6H2. The van der Waals surface area contributed by atoms with Crippen molar-refractivity contribution in [3.8, 4) is 6.07 Å². The lowest BCUT2D eigenvalue weighted by molar-refractivity contribution is 0.105. The van der Waals surface area contributed by atoms with Crippen molar-refractivity contribution < 1.29 is 4.74 Å². The van der Waals surface area contributed by atoms with Crippen LogP contribution < -0.4 is 0 Å². The maximum Gasteiger partial charge on any atom is 0.188 e. The van der Waals surface area contributed by atoms with Crippen LogP contribution in [0.4, 0.5) is 0 Å². The normalized spacial score (nSPS) is 20.1. The number of hydrogen-bond donors (Lipinski definition) is 0. The Morgan fingerprint density at radius 2 is 2.60 bits per heavy atom. The zero-order chi connectivity index (χ0) is 10.7. The van der Waals surface area contributed by atoms with Crippen molar-refractivity contribution in [2.45, 2.75) is 25.5 Å². The number of hydrogen-bond acceptors (Lipinski definition) is 4. The van der Waals surface area contributed by atoms with Gasteiger partial charge in [-0.1, -0.05) is 11.3 Å². The molecule has 0 bridgehead atoms. The monoisotopic (exact) mass is 204 g/mol. The third-order valence-corrected chi connectivity index (χ3v) is 2.42. The van der Waals surface area contributed by atoms with Crippen LogP contribution in [-0.4, -0.2) is 21.6 Å². The Bertz CT molecular complexity index is 398. The predicted molar refractivity (Wildman–Crippen MR) is 52.9 cm³/mol. The van der Waals surface area contributed by atoms with Crippen LogP contribution >= 0.6 is 0 Å². The average molecular weight is 204 g/mol. The van der Waals surface area contributed by atoms with Crippen LogP contribution in [0.2, 0.25) is 0 Å². The molecule has 1 fully saturated rings. The molecule has 0 N–H and O–H groups in total. The van der Waals surface area contributed by atoms with Crippen molar-refractivity contribution in [1.29, 1.82) is 5.26 Å². The molecule has 0 saturated carbocycles. The summed E-state index contributed by atoms with van der Waals surface area (Å²) < 4.78 is 7.22. The first-order chi connectivity index (χ1) is 7.36. The molecule has 1 saturated heterocycles. The van der Waals surface area contributed by atoms with Crippen LogP contribution in [0.5, 0.6) is 0 Å². The fourth-order valence-electron chi connectivity index (χ4n) is 1.77. The van der Waals surface area contributed by atoms with Gasteiger partial charge < -0.3 is 4.74 Å². The van der Waals surface area contributed by atoms with E-state index in [1.165, 1.54) is 0 Å². The van der Waals surface area contributed by atoms with Gasteiger partial charge in [-0.05, 0) is 12.8 Å². The molecule has 5 nitrogen and oxygen atoms in total. The summed E-state index contributed by atoms with van der Waals surface area (Å²) in [6.07, 6.45) is 3.65. The highest BCUT2D eigenvalue weighted by Gasteiger charge is 2.26. The van der Waals surface area contributed by atoms with Crippen molar-refractivity contribution in [2.24, 2.45) is 0 Å². The first-order valence-corrected chi connectivity index (χ1v) is 4.92. The van der Waals surface area contributed by atoms with E-state index in [1.54, 1.807) is 10.8 Å². The van der Waals surface area contributed by atoms with Gasteiger partial charge in [0.05, 0.1) is 6.54 Å². The van der Waals surface area contributed by atoms with Gasteiger partial charge >= 0.3 is 0 Å². The highest BCUT2D eigenvalue weighted by Crippen LogP contribution is 2.29. The fourth-order valence-corrected chi connectivity index (χ4v) is 1.77. The molecule has 1 unspecified atom stereocenters. The molecule has 0 spiro atoms. The highest BCUT2D eigenvalue weighted by atomic mass is 16.5. The molecule has 2 rings (SSSR count). The lowest BCUT2D eigenvalue weighted by atomic mass is 10.1. The Balaban J connectivity index is 2.36. The number of aromatic nitrogens is 3. The largest absolute Gasteiger partial charge is 0.372 e. The quantitative estimate of drug-likeness (QED) is 0.694. The molecule has 1 atom stereocenters. The fraction of sp³-hybridized carbons (Fsp3) is 0.500. The van der Waals surface area contributed by atoms with E-state index in [4.69, 9.17) is 10.00 Å². The van der Waals surface area contributed by atoms with Crippen molar-refractivity contribution >= 4 is 0 Å². The third-order valence-electron chi connectivity index (χ3n) is 2.42. The second kappa shape index (κ2) is 4.24. The SMILES string of the molecule is C=CCn1nnc(C#N)c1C1CCCO1. The molecule has 0 aliphatic carbocycles. The van der Waals surface area contributed by atoms with Crippen LogP contribution in [0.25, 0.3) is 0 Å². The second-order valence-electron chi connectivity index (χ2n) is 3.41. The van der Waals surface area contributed by atoms with Gasteiger partial charge in [-0.3, -0.25) is 0 Å². The van der Waals surface area contributed by atoms with E-state index in [0.717, 1.165) is 25.1 Å². The predicted octanol–water partition coefficient (Wildman–Crippen LogP) is 1.19. The molecule has 1 aliphatic rings. The van der Waals surface area contributed by atoms with Gasteiger partial charge in [-0.15, -0.1) is 11.7 Å². The highest BCUT2D eigenvalue weighted by molar-refractivity contribution is 5.27. The molecule has 15 heavy (non-hydrogen) atoms. The average Bonchev–Trinajstić information content (AvgIpc) is 2.85. The first-order valence-electron chi connectivity index (χ1n) is 4.92. The number of allylic oxidation sites excluding steroid dienone is 1. The van der Waals surface area contributed by atoms with E-state index in [1.807, 2.05) is 6.07 Å². The number of rotatable bonds is 3. The van der Waals surface area contributed by atoms with Gasteiger partial charge in [-0.25, -0.2) is 4.68 Å². The first kappa shape index (κ1) is 9.87. The van der Waals surface area contributed by atoms with Gasteiger partial charge in [0, 0.05) is 6.61 Å². The Hall–Kier alpha value is -1.67. The summed E-state index contributed by atoms with van der Waals surface area (Å²) in [6, 6.07) is 2.04. The van der Waals surface area contributed by atoms with Crippen LogP contribution in [-0.2, 0) is 11.3 Å². The Morgan fingerprint density at radius 1 is 1.73 bits per heavy atom. The minimum atomic E-state index is -0.0328. The van der Waals surface area contributed by atoms with E-state index >= 15 is 0 Å². The summed E-state index contributed by atoms with van der Waals surface area (Å²) in [7, 11) is 0. The number of nitriles is 1. The van der Waals surface area contributed by atoms with Crippen LogP contribution in [0.1, 0.15) is 30.3 Å². The van der Waals surface area contributed by atoms with E-state index < -0.39 is 0 Å². The zero-order valence-electron chi connectivity index (χ0n) is 8.39. The van der Waals surface area contributed by atoms with E-state index in [-0.39, 0.29) is 6.10 Å². The lowest BCUT2D eigenvalue weighted by Crippen LogP contribution is -2.09. The summed E-state index contributed by atoms with van der Waals surface area (Å²) in [5, 5.41) is 16.6. The van der Waals surface area contributed by atoms with Crippen LogP contribution in [0.15, 0.2) is 12.7 Å². The van der Waals surface area contributed by atoms with Crippen molar-refractivity contribution in [3.05, 3.63) is 24.0 Å². The Labute approximate surface area is 88.0 Å². The Morgan fingerprint density at radius 3 is 3.20 bits per heavy atom. The Kier molecular flexibility index (Phi) is 2.79. The second-order valence-corrected chi connectivity index (χ2v) is 3.41. The summed E-state index contributed by atoms with van der Waals surface area (Å²) in [4.78, 5) is 0. The van der Waals surface area contributed by atoms with Crippen LogP contribution in [0, 0.1) is 11.3 Å². The van der Waals surface area contributed by atoms with E-state index in [2.05, 4.69) is 16.9 Å². The summed E-state index contributed by atoms with van der Waals surface area (Å²) in [6.45, 7) is 4.95. The topological polar surface area (TPSA) is 63.7 Å². The zero-order valence-corrected chi connectivity index (χ0v) is 8.39. The smallest absolute Gasteiger partial charge is 0.188 e. The third kappa shape index (κ3) is 1.76. The molecule has 78 valence electrons. The van der Waals surface area contributed by atoms with E-state index in [9.17, 15) is 0 Å². The molecule has 0 aromatic carbocycles. The van der Waals surface area contributed by atoms with Gasteiger partial charge in [0.1, 0.15) is 17.9 Å². The summed E-state index contributed by atoms with van der Waals surface area (Å²) >= 11 is 0. The maximum absolute atomic E-state index is 8.91. The summed E-state index contributed by atoms with van der Waals surface area (Å²) in [5.74, 6) is 0. The van der Waals surface area contributed by atoms with Crippen molar-refractivity contribution in [1.82, 2.24) is 15.0 Å². The van der Waals surface area contributed by atoms with Gasteiger partial charge in [0.25, 0.3) is 0 Å². The molecule has 2 heterocycles. The lowest BCUT2D eigenvalue weighted by Gasteiger charge is -2.10. The van der Waals surface area contributed by atoms with Crippen LogP contribution in [0.3, 0.4) is 0 Å². The van der Waals surface area contributed by atoms with E-state index in [0.29, 0.717) is 12.2 Å². The molecule has 1 aliphatic heterocycles. The molecular formula is C10H12N4O.